The number of aliphatic hydroxyl groups excluding tert-OH is 3. The van der Waals surface area contributed by atoms with Gasteiger partial charge in [0.2, 0.25) is 5.91 Å². The lowest BCUT2D eigenvalue weighted by molar-refractivity contribution is -0.718. The van der Waals surface area contributed by atoms with Gasteiger partial charge in [0.25, 0.3) is 0 Å². The van der Waals surface area contributed by atoms with Gasteiger partial charge in [0.1, 0.15) is 0 Å². The number of hydrogen-bond acceptors (Lipinski definition) is 4. The lowest BCUT2D eigenvalue weighted by atomic mass is 9.92. The molecule has 0 bridgehead atoms. The second-order valence-corrected chi connectivity index (χ2v) is 3.62. The first-order valence-corrected chi connectivity index (χ1v) is 4.63. The Kier molecular flexibility index (Phi) is 3.82. The first-order valence-electron chi connectivity index (χ1n) is 4.63. The van der Waals surface area contributed by atoms with Crippen LogP contribution in [-0.2, 0) is 4.79 Å². The molecule has 6 N–H and O–H groups in total. The molecule has 0 spiro atoms. The summed E-state index contributed by atoms with van der Waals surface area (Å²) in [6.45, 7) is 1.67. The van der Waals surface area contributed by atoms with Crippen molar-refractivity contribution in [3.63, 3.8) is 0 Å². The zero-order chi connectivity index (χ0) is 10.7. The minimum Gasteiger partial charge on any atom is -0.396 e. The van der Waals surface area contributed by atoms with Gasteiger partial charge in [-0.2, -0.15) is 0 Å². The van der Waals surface area contributed by atoms with Crippen molar-refractivity contribution in [3.8, 4) is 0 Å². The van der Waals surface area contributed by atoms with E-state index in [1.165, 1.54) is 6.92 Å². The zero-order valence-electron chi connectivity index (χ0n) is 8.05. The van der Waals surface area contributed by atoms with E-state index in [0.29, 0.717) is 6.54 Å². The van der Waals surface area contributed by atoms with Crippen molar-refractivity contribution in [2.24, 2.45) is 5.92 Å². The van der Waals surface area contributed by atoms with Crippen molar-refractivity contribution in [1.82, 2.24) is 5.32 Å². The molecule has 1 saturated heterocycles. The number of amides is 1. The average molecular weight is 205 g/mol. The highest BCUT2D eigenvalue weighted by Crippen LogP contribution is 2.10. The zero-order valence-corrected chi connectivity index (χ0v) is 8.05. The summed E-state index contributed by atoms with van der Waals surface area (Å²) in [6.07, 6.45) is -2.54. The highest BCUT2D eigenvalue weighted by molar-refractivity contribution is 5.73. The molecule has 4 atom stereocenters. The van der Waals surface area contributed by atoms with E-state index in [-0.39, 0.29) is 18.4 Å². The Labute approximate surface area is 81.9 Å². The van der Waals surface area contributed by atoms with E-state index in [1.54, 1.807) is 5.32 Å². The van der Waals surface area contributed by atoms with Gasteiger partial charge >= 0.3 is 0 Å². The smallest absolute Gasteiger partial charge is 0.221 e. The van der Waals surface area contributed by atoms with Crippen LogP contribution in [-0.4, -0.2) is 52.8 Å². The number of carbonyl (C=O) groups is 1. The molecule has 0 unspecified atom stereocenters. The van der Waals surface area contributed by atoms with E-state index < -0.39 is 18.4 Å². The van der Waals surface area contributed by atoms with Crippen LogP contribution in [0.15, 0.2) is 0 Å². The van der Waals surface area contributed by atoms with Crippen molar-refractivity contribution in [3.05, 3.63) is 0 Å². The second-order valence-electron chi connectivity index (χ2n) is 3.62. The van der Waals surface area contributed by atoms with Gasteiger partial charge < -0.3 is 26.0 Å². The first kappa shape index (κ1) is 11.4. The summed E-state index contributed by atoms with van der Waals surface area (Å²) < 4.78 is 0. The fourth-order valence-corrected chi connectivity index (χ4v) is 1.65. The van der Waals surface area contributed by atoms with E-state index >= 15 is 0 Å². The highest BCUT2D eigenvalue weighted by Gasteiger charge is 2.40. The number of aliphatic hydroxyl groups is 3. The van der Waals surface area contributed by atoms with Crippen LogP contribution in [0.4, 0.5) is 0 Å². The fourth-order valence-electron chi connectivity index (χ4n) is 1.65. The Balaban J connectivity index is 2.54. The van der Waals surface area contributed by atoms with E-state index in [2.05, 4.69) is 5.32 Å². The molecule has 1 aliphatic heterocycles. The normalized spacial score (nSPS) is 38.0. The number of carbonyl (C=O) groups excluding carboxylic acids is 1. The number of nitrogens with two attached hydrogens (primary N) is 1. The third kappa shape index (κ3) is 2.42. The summed E-state index contributed by atoms with van der Waals surface area (Å²) in [7, 11) is 0. The molecular formula is C8H17N2O4+. The Morgan fingerprint density at radius 1 is 1.50 bits per heavy atom. The SMILES string of the molecule is CC(=O)N[C@@H]1[NH2+]C[C@H](CO)[C@H](O)[C@@H]1O. The Bertz CT molecular complexity index is 212. The van der Waals surface area contributed by atoms with E-state index in [4.69, 9.17) is 5.11 Å². The van der Waals surface area contributed by atoms with Gasteiger partial charge in [-0.3, -0.25) is 4.79 Å². The standard InChI is InChI=1S/C8H16N2O4/c1-4(12)10-8-7(14)6(13)5(3-11)2-9-8/h5-9,11,13-14H,2-3H2,1H3,(H,10,12)/p+1/t5-,6+,7+,8+/m1/s1. The van der Waals surface area contributed by atoms with Crippen LogP contribution in [0.25, 0.3) is 0 Å². The summed E-state index contributed by atoms with van der Waals surface area (Å²) >= 11 is 0. The third-order valence-electron chi connectivity index (χ3n) is 2.50. The van der Waals surface area contributed by atoms with E-state index in [1.807, 2.05) is 0 Å². The molecule has 6 heteroatoms. The van der Waals surface area contributed by atoms with Crippen LogP contribution < -0.4 is 10.6 Å². The number of quaternary nitrogens is 1. The Hall–Kier alpha value is -0.690. The molecule has 6 nitrogen and oxygen atoms in total. The largest absolute Gasteiger partial charge is 0.396 e. The third-order valence-corrected chi connectivity index (χ3v) is 2.50. The van der Waals surface area contributed by atoms with Gasteiger partial charge in [-0.15, -0.1) is 0 Å². The topological polar surface area (TPSA) is 106 Å². The maximum Gasteiger partial charge on any atom is 0.221 e. The van der Waals surface area contributed by atoms with Crippen molar-refractivity contribution in [1.29, 1.82) is 0 Å². The van der Waals surface area contributed by atoms with Crippen LogP contribution in [0, 0.1) is 5.92 Å². The van der Waals surface area contributed by atoms with Gasteiger partial charge in [-0.05, 0) is 0 Å². The van der Waals surface area contributed by atoms with Gasteiger partial charge in [0.05, 0.1) is 25.2 Å². The van der Waals surface area contributed by atoms with Crippen molar-refractivity contribution in [2.75, 3.05) is 13.2 Å². The summed E-state index contributed by atoms with van der Waals surface area (Å²) in [5.74, 6) is -0.588. The predicted molar refractivity (Wildman–Crippen MR) is 47.0 cm³/mol. The van der Waals surface area contributed by atoms with Crippen LogP contribution in [0.3, 0.4) is 0 Å². The molecule has 1 fully saturated rings. The second kappa shape index (κ2) is 4.70. The van der Waals surface area contributed by atoms with Gasteiger partial charge in [-0.1, -0.05) is 0 Å². The van der Waals surface area contributed by atoms with Crippen molar-refractivity contribution < 1.29 is 25.4 Å². The van der Waals surface area contributed by atoms with Crippen molar-refractivity contribution >= 4 is 5.91 Å². The van der Waals surface area contributed by atoms with Crippen molar-refractivity contribution in [2.45, 2.75) is 25.3 Å². The fraction of sp³-hybridized carbons (Fsp3) is 0.875. The molecule has 14 heavy (non-hydrogen) atoms. The number of piperidine rings is 1. The molecular weight excluding hydrogens is 188 g/mol. The van der Waals surface area contributed by atoms with Crippen LogP contribution >= 0.6 is 0 Å². The maximum atomic E-state index is 10.7. The quantitative estimate of drug-likeness (QED) is 0.320. The highest BCUT2D eigenvalue weighted by atomic mass is 16.3. The molecule has 82 valence electrons. The molecule has 0 aromatic rings. The molecule has 0 aromatic carbocycles. The summed E-state index contributed by atoms with van der Waals surface area (Å²) in [6, 6.07) is 0. The summed E-state index contributed by atoms with van der Waals surface area (Å²) in [4.78, 5) is 10.7. The lowest BCUT2D eigenvalue weighted by Crippen LogP contribution is -3.00. The summed E-state index contributed by atoms with van der Waals surface area (Å²) in [5, 5.41) is 32.2. The predicted octanol–water partition coefficient (Wildman–Crippen LogP) is -3.64. The average Bonchev–Trinajstić information content (AvgIpc) is 2.13. The number of hydrogen-bond donors (Lipinski definition) is 5. The van der Waals surface area contributed by atoms with Crippen LogP contribution in [0.2, 0.25) is 0 Å². The molecule has 1 amide bonds. The minimum absolute atomic E-state index is 0.165. The molecule has 0 saturated carbocycles. The molecule has 0 aromatic heterocycles. The molecule has 1 heterocycles. The molecule has 1 aliphatic rings. The van der Waals surface area contributed by atoms with Gasteiger partial charge in [0, 0.05) is 6.92 Å². The first-order chi connectivity index (χ1) is 6.56. The maximum absolute atomic E-state index is 10.7. The lowest BCUT2D eigenvalue weighted by Gasteiger charge is -2.34. The van der Waals surface area contributed by atoms with Crippen LogP contribution in [0.1, 0.15) is 6.92 Å². The van der Waals surface area contributed by atoms with Gasteiger partial charge in [0.15, 0.2) is 12.3 Å². The monoisotopic (exact) mass is 205 g/mol. The van der Waals surface area contributed by atoms with E-state index in [0.717, 1.165) is 0 Å². The number of rotatable bonds is 2. The van der Waals surface area contributed by atoms with E-state index in [9.17, 15) is 15.0 Å². The molecule has 1 rings (SSSR count). The minimum atomic E-state index is -1.04. The van der Waals surface area contributed by atoms with Crippen LogP contribution in [0.5, 0.6) is 0 Å². The number of nitrogens with one attached hydrogen (secondary N) is 1. The molecule has 0 aliphatic carbocycles. The molecule has 0 radical (unpaired) electrons. The summed E-state index contributed by atoms with van der Waals surface area (Å²) in [5.41, 5.74) is 0. The van der Waals surface area contributed by atoms with Gasteiger partial charge in [-0.25, -0.2) is 0 Å². The Morgan fingerprint density at radius 2 is 2.14 bits per heavy atom. The Morgan fingerprint density at radius 3 is 2.64 bits per heavy atom.